The van der Waals surface area contributed by atoms with E-state index in [1.54, 1.807) is 0 Å². The molecule has 0 atom stereocenters. The molecule has 0 aliphatic rings. The number of pyridine rings is 1. The molecular weight excluding hydrogens is 282 g/mol. The topological polar surface area (TPSA) is 3.88 Å². The average molecular weight is 296 g/mol. The van der Waals surface area contributed by atoms with Gasteiger partial charge in [0.1, 0.15) is 7.05 Å². The molecule has 4 rings (SSSR count). The van der Waals surface area contributed by atoms with Crippen LogP contribution in [0.2, 0.25) is 0 Å². The Hall–Kier alpha value is -1.71. The van der Waals surface area contributed by atoms with E-state index in [-0.39, 0.29) is 0 Å². The molecule has 0 unspecified atom stereocenters. The first-order chi connectivity index (χ1) is 9.74. The van der Waals surface area contributed by atoms with Crippen molar-refractivity contribution in [3.8, 4) is 11.3 Å². The summed E-state index contributed by atoms with van der Waals surface area (Å²) in [5.74, 6) is 0. The van der Waals surface area contributed by atoms with Gasteiger partial charge in [0.2, 0.25) is 5.69 Å². The van der Waals surface area contributed by atoms with E-state index < -0.39 is 0 Å². The average Bonchev–Trinajstić information content (AvgIpc) is 3.00. The Morgan fingerprint density at radius 2 is 1.90 bits per heavy atom. The summed E-state index contributed by atoms with van der Waals surface area (Å²) in [5, 5.41) is 3.55. The van der Waals surface area contributed by atoms with Gasteiger partial charge in [0.05, 0.1) is 10.1 Å². The summed E-state index contributed by atoms with van der Waals surface area (Å²) < 4.78 is 6.43. The maximum atomic E-state index is 2.33. The lowest BCUT2D eigenvalue weighted by molar-refractivity contribution is -0.659. The van der Waals surface area contributed by atoms with Crippen LogP contribution < -0.4 is 4.57 Å². The number of benzene rings is 1. The molecule has 0 bridgehead atoms. The summed E-state index contributed by atoms with van der Waals surface area (Å²) in [7, 11) is 2.14. The highest BCUT2D eigenvalue weighted by Crippen LogP contribution is 2.37. The lowest BCUT2D eigenvalue weighted by Crippen LogP contribution is -2.30. The zero-order chi connectivity index (χ0) is 13.7. The molecule has 0 aliphatic carbocycles. The molecule has 3 heteroatoms. The number of hydrogen-bond acceptors (Lipinski definition) is 2. The summed E-state index contributed by atoms with van der Waals surface area (Å²) in [6.45, 7) is 2.17. The maximum absolute atomic E-state index is 2.33. The molecule has 3 heterocycles. The fraction of sp³-hybridized carbons (Fsp3) is 0.118. The van der Waals surface area contributed by atoms with Gasteiger partial charge in [0, 0.05) is 21.0 Å². The quantitative estimate of drug-likeness (QED) is 0.439. The molecule has 0 spiro atoms. The molecule has 4 aromatic rings. The van der Waals surface area contributed by atoms with Crippen LogP contribution in [-0.4, -0.2) is 0 Å². The van der Waals surface area contributed by atoms with Crippen molar-refractivity contribution in [3.05, 3.63) is 53.5 Å². The third-order valence-electron chi connectivity index (χ3n) is 3.75. The first-order valence-electron chi connectivity index (χ1n) is 6.59. The van der Waals surface area contributed by atoms with Crippen LogP contribution >= 0.6 is 22.7 Å². The molecule has 0 radical (unpaired) electrons. The molecule has 3 aromatic heterocycles. The van der Waals surface area contributed by atoms with E-state index >= 15 is 0 Å². The zero-order valence-corrected chi connectivity index (χ0v) is 13.0. The van der Waals surface area contributed by atoms with Gasteiger partial charge in [-0.25, -0.2) is 4.57 Å². The van der Waals surface area contributed by atoms with Crippen molar-refractivity contribution in [2.24, 2.45) is 7.05 Å². The lowest BCUT2D eigenvalue weighted by atomic mass is 10.0. The van der Waals surface area contributed by atoms with Gasteiger partial charge in [-0.1, -0.05) is 18.2 Å². The predicted molar refractivity (Wildman–Crippen MR) is 88.6 cm³/mol. The van der Waals surface area contributed by atoms with Crippen molar-refractivity contribution in [1.29, 1.82) is 0 Å². The largest absolute Gasteiger partial charge is 0.213 e. The van der Waals surface area contributed by atoms with Crippen LogP contribution in [0.15, 0.2) is 48.0 Å². The van der Waals surface area contributed by atoms with E-state index in [1.807, 2.05) is 22.7 Å². The summed E-state index contributed by atoms with van der Waals surface area (Å²) in [4.78, 5) is 0. The monoisotopic (exact) mass is 296 g/mol. The third-order valence-corrected chi connectivity index (χ3v) is 5.95. The van der Waals surface area contributed by atoms with Crippen molar-refractivity contribution >= 4 is 42.2 Å². The number of aromatic nitrogens is 1. The fourth-order valence-electron chi connectivity index (χ4n) is 2.71. The standard InChI is InChI=1S/C17H14NS2/c1-11-5-3-4-6-12(11)14-9-16-13(10-18(14)2)17-15(20-16)7-8-19-17/h3-10H,1-2H3/q+1. The van der Waals surface area contributed by atoms with Gasteiger partial charge >= 0.3 is 0 Å². The number of hydrogen-bond donors (Lipinski definition) is 0. The minimum atomic E-state index is 1.28. The summed E-state index contributed by atoms with van der Waals surface area (Å²) in [6, 6.07) is 13.1. The van der Waals surface area contributed by atoms with Crippen LogP contribution in [0.3, 0.4) is 0 Å². The second-order valence-electron chi connectivity index (χ2n) is 5.08. The van der Waals surface area contributed by atoms with Gasteiger partial charge in [-0.05, 0) is 30.0 Å². The minimum absolute atomic E-state index is 1.28. The van der Waals surface area contributed by atoms with E-state index in [1.165, 1.54) is 36.3 Å². The zero-order valence-electron chi connectivity index (χ0n) is 11.4. The Bertz CT molecular complexity index is 931. The second kappa shape index (κ2) is 4.40. The van der Waals surface area contributed by atoms with Crippen LogP contribution in [0.4, 0.5) is 0 Å². The number of rotatable bonds is 1. The van der Waals surface area contributed by atoms with E-state index in [4.69, 9.17) is 0 Å². The van der Waals surface area contributed by atoms with Crippen LogP contribution in [0.1, 0.15) is 5.56 Å². The van der Waals surface area contributed by atoms with Crippen LogP contribution in [0.25, 0.3) is 30.7 Å². The Morgan fingerprint density at radius 1 is 1.05 bits per heavy atom. The molecule has 98 valence electrons. The summed E-state index contributed by atoms with van der Waals surface area (Å²) in [6.07, 6.45) is 2.27. The molecule has 20 heavy (non-hydrogen) atoms. The van der Waals surface area contributed by atoms with E-state index in [2.05, 4.69) is 66.5 Å². The van der Waals surface area contributed by atoms with Crippen molar-refractivity contribution in [3.63, 3.8) is 0 Å². The predicted octanol–water partition coefficient (Wildman–Crippen LogP) is 4.92. The smallest absolute Gasteiger partial charge is 0.200 e. The van der Waals surface area contributed by atoms with Gasteiger partial charge in [0.15, 0.2) is 6.20 Å². The highest BCUT2D eigenvalue weighted by molar-refractivity contribution is 7.32. The van der Waals surface area contributed by atoms with Gasteiger partial charge in [-0.2, -0.15) is 0 Å². The molecule has 1 aromatic carbocycles. The SMILES string of the molecule is Cc1ccccc1-c1cc2sc3ccsc3c2c[n+]1C. The number of aryl methyl sites for hydroxylation is 2. The van der Waals surface area contributed by atoms with E-state index in [0.29, 0.717) is 0 Å². The van der Waals surface area contributed by atoms with Crippen molar-refractivity contribution < 1.29 is 4.57 Å². The Balaban J connectivity index is 2.05. The summed E-state index contributed by atoms with van der Waals surface area (Å²) >= 11 is 3.72. The Labute approximate surface area is 125 Å². The molecule has 0 aliphatic heterocycles. The fourth-order valence-corrected chi connectivity index (χ4v) is 4.95. The summed E-state index contributed by atoms with van der Waals surface area (Å²) in [5.41, 5.74) is 3.92. The maximum Gasteiger partial charge on any atom is 0.213 e. The highest BCUT2D eigenvalue weighted by atomic mass is 32.1. The first-order valence-corrected chi connectivity index (χ1v) is 8.29. The van der Waals surface area contributed by atoms with E-state index in [0.717, 1.165) is 0 Å². The van der Waals surface area contributed by atoms with Crippen molar-refractivity contribution in [2.45, 2.75) is 6.92 Å². The molecule has 0 N–H and O–H groups in total. The second-order valence-corrected chi connectivity index (χ2v) is 7.08. The van der Waals surface area contributed by atoms with Gasteiger partial charge < -0.3 is 0 Å². The van der Waals surface area contributed by atoms with Gasteiger partial charge in [-0.3, -0.25) is 0 Å². The normalized spacial score (nSPS) is 11.5. The lowest BCUT2D eigenvalue weighted by Gasteiger charge is -2.04. The Morgan fingerprint density at radius 3 is 2.75 bits per heavy atom. The van der Waals surface area contributed by atoms with Gasteiger partial charge in [0.25, 0.3) is 0 Å². The minimum Gasteiger partial charge on any atom is -0.200 e. The van der Waals surface area contributed by atoms with Crippen molar-refractivity contribution in [2.75, 3.05) is 0 Å². The third kappa shape index (κ3) is 1.70. The molecule has 0 fully saturated rings. The molecule has 0 amide bonds. The van der Waals surface area contributed by atoms with Crippen LogP contribution in [0.5, 0.6) is 0 Å². The van der Waals surface area contributed by atoms with Crippen molar-refractivity contribution in [1.82, 2.24) is 0 Å². The number of nitrogens with zero attached hydrogens (tertiary/aromatic N) is 1. The van der Waals surface area contributed by atoms with E-state index in [9.17, 15) is 0 Å². The van der Waals surface area contributed by atoms with Crippen LogP contribution in [-0.2, 0) is 7.05 Å². The Kier molecular flexibility index (Phi) is 2.65. The van der Waals surface area contributed by atoms with Crippen LogP contribution in [0, 0.1) is 6.92 Å². The molecule has 0 saturated carbocycles. The number of fused-ring (bicyclic) bond motifs is 3. The molecule has 0 saturated heterocycles. The molecular formula is C17H14NS2+. The number of thiophene rings is 2. The van der Waals surface area contributed by atoms with Gasteiger partial charge in [-0.15, -0.1) is 22.7 Å². The first kappa shape index (κ1) is 12.1. The highest BCUT2D eigenvalue weighted by Gasteiger charge is 2.17. The molecule has 1 nitrogen and oxygen atoms in total.